The first kappa shape index (κ1) is 22.6. The molecule has 2 aromatic heterocycles. The van der Waals surface area contributed by atoms with E-state index in [0.717, 1.165) is 31.2 Å². The Morgan fingerprint density at radius 1 is 1.21 bits per heavy atom. The molecule has 33 heavy (non-hydrogen) atoms. The maximum atomic E-state index is 11.0. The molecule has 1 aromatic carbocycles. The Morgan fingerprint density at radius 2 is 2.00 bits per heavy atom. The first-order valence-corrected chi connectivity index (χ1v) is 11.7. The third-order valence-corrected chi connectivity index (χ3v) is 6.89. The Labute approximate surface area is 200 Å². The van der Waals surface area contributed by atoms with E-state index in [4.69, 9.17) is 43.1 Å². The smallest absolute Gasteiger partial charge is 0.320 e. The van der Waals surface area contributed by atoms with Gasteiger partial charge in [0.15, 0.2) is 23.2 Å². The van der Waals surface area contributed by atoms with Gasteiger partial charge in [0, 0.05) is 0 Å². The third-order valence-electron chi connectivity index (χ3n) is 6.15. The van der Waals surface area contributed by atoms with Crippen LogP contribution in [0.4, 0.5) is 5.82 Å². The van der Waals surface area contributed by atoms with Crippen molar-refractivity contribution in [2.24, 2.45) is 0 Å². The Bertz CT molecular complexity index is 1150. The van der Waals surface area contributed by atoms with E-state index in [0.29, 0.717) is 21.2 Å². The van der Waals surface area contributed by atoms with Gasteiger partial charge in [-0.15, -0.1) is 0 Å². The number of imidazole rings is 1. The van der Waals surface area contributed by atoms with Gasteiger partial charge in [-0.05, 0) is 50.3 Å². The van der Waals surface area contributed by atoms with Gasteiger partial charge in [-0.25, -0.2) is 4.98 Å². The number of nitrogens with two attached hydrogens (primary N) is 1. The van der Waals surface area contributed by atoms with E-state index in [9.17, 15) is 5.11 Å². The van der Waals surface area contributed by atoms with E-state index < -0.39 is 18.4 Å². The number of halogens is 2. The van der Waals surface area contributed by atoms with Crippen molar-refractivity contribution in [3.63, 3.8) is 0 Å². The number of nitrogens with zero attached hydrogens (tertiary/aromatic N) is 4. The molecule has 1 saturated carbocycles. The number of rotatable bonds is 6. The molecule has 1 aliphatic carbocycles. The van der Waals surface area contributed by atoms with E-state index in [1.54, 1.807) is 16.7 Å². The number of fused-ring (bicyclic) bond motifs is 1. The van der Waals surface area contributed by atoms with Crippen molar-refractivity contribution >= 4 is 40.2 Å². The summed E-state index contributed by atoms with van der Waals surface area (Å²) in [5.74, 6) is 0.222. The molecule has 0 spiro atoms. The SMILES string of the molecule is C[C@H]1O[C@@H](n2cnc3c(N)nc(OC4CCCC4)nc32)[C@H](O)[C@H]1OCc1ccc(Cl)c(Cl)c1. The summed E-state index contributed by atoms with van der Waals surface area (Å²) in [6.45, 7) is 2.10. The molecule has 0 radical (unpaired) electrons. The predicted octanol–water partition coefficient (Wildman–Crippen LogP) is 3.90. The van der Waals surface area contributed by atoms with Crippen molar-refractivity contribution in [1.29, 1.82) is 0 Å². The lowest BCUT2D eigenvalue weighted by Crippen LogP contribution is -2.33. The van der Waals surface area contributed by atoms with Crippen molar-refractivity contribution in [3.05, 3.63) is 40.1 Å². The van der Waals surface area contributed by atoms with Crippen LogP contribution in [0, 0.1) is 0 Å². The second-order valence-electron chi connectivity index (χ2n) is 8.49. The van der Waals surface area contributed by atoms with Crippen LogP contribution in [0.1, 0.15) is 44.4 Å². The number of benzene rings is 1. The second kappa shape index (κ2) is 9.23. The van der Waals surface area contributed by atoms with Gasteiger partial charge in [0.1, 0.15) is 18.3 Å². The lowest BCUT2D eigenvalue weighted by atomic mass is 10.1. The monoisotopic (exact) mass is 493 g/mol. The number of hydrogen-bond donors (Lipinski definition) is 2. The molecule has 1 saturated heterocycles. The lowest BCUT2D eigenvalue weighted by Gasteiger charge is -2.20. The Morgan fingerprint density at radius 3 is 2.76 bits per heavy atom. The fraction of sp³-hybridized carbons (Fsp3) is 0.500. The summed E-state index contributed by atoms with van der Waals surface area (Å²) in [5, 5.41) is 12.0. The number of hydrogen-bond acceptors (Lipinski definition) is 8. The zero-order valence-electron chi connectivity index (χ0n) is 18.0. The van der Waals surface area contributed by atoms with Crippen LogP contribution in [0.5, 0.6) is 6.01 Å². The molecule has 4 atom stereocenters. The van der Waals surface area contributed by atoms with Gasteiger partial charge in [-0.2, -0.15) is 9.97 Å². The molecule has 2 fully saturated rings. The standard InChI is InChI=1S/C22H25Cl2N5O4/c1-11-18(31-9-12-6-7-14(23)15(24)8-12)17(30)21(32-11)29-10-26-16-19(25)27-22(28-20(16)29)33-13-4-2-3-5-13/h6-8,10-11,13,17-18,21,30H,2-5,9H2,1H3,(H2,25,27,28)/t11-,17-,18+,21-/m1/s1. The molecule has 0 bridgehead atoms. The van der Waals surface area contributed by atoms with Crippen molar-refractivity contribution in [2.75, 3.05) is 5.73 Å². The summed E-state index contributed by atoms with van der Waals surface area (Å²) < 4.78 is 19.6. The molecule has 1 aliphatic heterocycles. The molecule has 0 unspecified atom stereocenters. The molecule has 176 valence electrons. The summed E-state index contributed by atoms with van der Waals surface area (Å²) in [4.78, 5) is 13.1. The van der Waals surface area contributed by atoms with E-state index in [1.165, 1.54) is 6.33 Å². The average Bonchev–Trinajstić information content (AvgIpc) is 3.50. The van der Waals surface area contributed by atoms with Gasteiger partial charge in [0.05, 0.1) is 29.1 Å². The minimum atomic E-state index is -0.962. The van der Waals surface area contributed by atoms with Gasteiger partial charge in [-0.3, -0.25) is 4.57 Å². The largest absolute Gasteiger partial charge is 0.460 e. The number of aliphatic hydroxyl groups excluding tert-OH is 1. The highest BCUT2D eigenvalue weighted by Crippen LogP contribution is 2.35. The molecule has 3 N–H and O–H groups in total. The fourth-order valence-corrected chi connectivity index (χ4v) is 4.74. The Kier molecular flexibility index (Phi) is 6.32. The number of nitrogen functional groups attached to an aromatic ring is 1. The summed E-state index contributed by atoms with van der Waals surface area (Å²) in [7, 11) is 0. The van der Waals surface area contributed by atoms with Crippen LogP contribution >= 0.6 is 23.2 Å². The zero-order valence-corrected chi connectivity index (χ0v) is 19.5. The molecular weight excluding hydrogens is 469 g/mol. The number of anilines is 1. The quantitative estimate of drug-likeness (QED) is 0.530. The highest BCUT2D eigenvalue weighted by atomic mass is 35.5. The van der Waals surface area contributed by atoms with E-state index in [2.05, 4.69) is 15.0 Å². The van der Waals surface area contributed by atoms with E-state index in [1.807, 2.05) is 13.0 Å². The molecule has 11 heteroatoms. The molecule has 3 heterocycles. The third kappa shape index (κ3) is 4.48. The van der Waals surface area contributed by atoms with Crippen LogP contribution in [0.25, 0.3) is 11.2 Å². The summed E-state index contributed by atoms with van der Waals surface area (Å²) in [6, 6.07) is 5.49. The number of ether oxygens (including phenoxy) is 3. The van der Waals surface area contributed by atoms with Gasteiger partial charge < -0.3 is 25.1 Å². The molecule has 2 aliphatic rings. The van der Waals surface area contributed by atoms with Crippen LogP contribution in [-0.2, 0) is 16.1 Å². The fourth-order valence-electron chi connectivity index (χ4n) is 4.42. The maximum Gasteiger partial charge on any atom is 0.320 e. The van der Waals surface area contributed by atoms with Crippen molar-refractivity contribution in [1.82, 2.24) is 19.5 Å². The summed E-state index contributed by atoms with van der Waals surface area (Å²) >= 11 is 12.1. The molecular formula is C22H25Cl2N5O4. The zero-order chi connectivity index (χ0) is 23.1. The van der Waals surface area contributed by atoms with Crippen LogP contribution in [0.3, 0.4) is 0 Å². The summed E-state index contributed by atoms with van der Waals surface area (Å²) in [6.07, 6.45) is 3.17. The van der Waals surface area contributed by atoms with Crippen molar-refractivity contribution in [3.8, 4) is 6.01 Å². The minimum absolute atomic E-state index is 0.0886. The minimum Gasteiger partial charge on any atom is -0.460 e. The first-order chi connectivity index (χ1) is 15.9. The Hall–Kier alpha value is -2.17. The van der Waals surface area contributed by atoms with Gasteiger partial charge in [0.25, 0.3) is 0 Å². The first-order valence-electron chi connectivity index (χ1n) is 11.0. The highest BCUT2D eigenvalue weighted by molar-refractivity contribution is 6.42. The normalized spacial score (nSPS) is 25.8. The van der Waals surface area contributed by atoms with Crippen LogP contribution in [0.2, 0.25) is 10.0 Å². The van der Waals surface area contributed by atoms with E-state index in [-0.39, 0.29) is 30.6 Å². The summed E-state index contributed by atoms with van der Waals surface area (Å²) in [5.41, 5.74) is 7.82. The highest BCUT2D eigenvalue weighted by Gasteiger charge is 2.44. The Balaban J connectivity index is 1.35. The number of aromatic nitrogens is 4. The molecule has 9 nitrogen and oxygen atoms in total. The van der Waals surface area contributed by atoms with Gasteiger partial charge >= 0.3 is 6.01 Å². The van der Waals surface area contributed by atoms with Crippen molar-refractivity contribution < 1.29 is 19.3 Å². The van der Waals surface area contributed by atoms with Crippen LogP contribution < -0.4 is 10.5 Å². The predicted molar refractivity (Wildman–Crippen MR) is 123 cm³/mol. The van der Waals surface area contributed by atoms with Crippen LogP contribution in [0.15, 0.2) is 24.5 Å². The maximum absolute atomic E-state index is 11.0. The van der Waals surface area contributed by atoms with Gasteiger partial charge in [0.2, 0.25) is 0 Å². The van der Waals surface area contributed by atoms with Crippen LogP contribution in [-0.4, -0.2) is 49.0 Å². The molecule has 5 rings (SSSR count). The molecule has 3 aromatic rings. The lowest BCUT2D eigenvalue weighted by molar-refractivity contribution is -0.0425. The molecule has 0 amide bonds. The average molecular weight is 494 g/mol. The second-order valence-corrected chi connectivity index (χ2v) is 9.30. The van der Waals surface area contributed by atoms with Crippen molar-refractivity contribution in [2.45, 2.75) is 69.9 Å². The topological polar surface area (TPSA) is 118 Å². The number of aliphatic hydroxyl groups is 1. The van der Waals surface area contributed by atoms with Gasteiger partial charge in [-0.1, -0.05) is 29.3 Å². The van der Waals surface area contributed by atoms with E-state index >= 15 is 0 Å².